The fourth-order valence-corrected chi connectivity index (χ4v) is 3.97. The van der Waals surface area contributed by atoms with E-state index in [2.05, 4.69) is 11.8 Å². The van der Waals surface area contributed by atoms with Crippen LogP contribution in [0.3, 0.4) is 0 Å². The number of hydrogen-bond acceptors (Lipinski definition) is 2. The van der Waals surface area contributed by atoms with Crippen LogP contribution < -0.4 is 0 Å². The standard InChI is InChI=1S/C17H25NO/c1-13(17(19)14-6-3-2-4-7-14)10-18-11-15-8-5-9-16(15)12-18/h2-4,6-7,13,15-17,19H,5,8-12H2,1H3. The highest BCUT2D eigenvalue weighted by Crippen LogP contribution is 2.38. The van der Waals surface area contributed by atoms with Gasteiger partial charge < -0.3 is 10.0 Å². The summed E-state index contributed by atoms with van der Waals surface area (Å²) in [5, 5.41) is 10.4. The summed E-state index contributed by atoms with van der Waals surface area (Å²) in [6, 6.07) is 10.1. The molecule has 1 heterocycles. The molecule has 1 aliphatic heterocycles. The Hall–Kier alpha value is -0.860. The van der Waals surface area contributed by atoms with Crippen LogP contribution in [-0.2, 0) is 0 Å². The maximum atomic E-state index is 10.4. The molecule has 2 aliphatic rings. The van der Waals surface area contributed by atoms with Gasteiger partial charge in [0.25, 0.3) is 0 Å². The lowest BCUT2D eigenvalue weighted by molar-refractivity contribution is 0.0925. The highest BCUT2D eigenvalue weighted by atomic mass is 16.3. The molecule has 1 saturated carbocycles. The van der Waals surface area contributed by atoms with E-state index in [4.69, 9.17) is 0 Å². The van der Waals surface area contributed by atoms with Gasteiger partial charge in [0, 0.05) is 19.6 Å². The third kappa shape index (κ3) is 2.85. The van der Waals surface area contributed by atoms with E-state index in [1.54, 1.807) is 0 Å². The molecule has 104 valence electrons. The Bertz CT molecular complexity index is 393. The van der Waals surface area contributed by atoms with Crippen molar-refractivity contribution in [2.24, 2.45) is 17.8 Å². The summed E-state index contributed by atoms with van der Waals surface area (Å²) in [5.74, 6) is 2.20. The van der Waals surface area contributed by atoms with Crippen molar-refractivity contribution in [2.45, 2.75) is 32.3 Å². The highest BCUT2D eigenvalue weighted by Gasteiger charge is 2.36. The van der Waals surface area contributed by atoms with Gasteiger partial charge in [-0.3, -0.25) is 0 Å². The number of aliphatic hydroxyl groups is 1. The van der Waals surface area contributed by atoms with Gasteiger partial charge in [0.05, 0.1) is 6.10 Å². The van der Waals surface area contributed by atoms with Crippen molar-refractivity contribution in [2.75, 3.05) is 19.6 Å². The molecular formula is C17H25NO. The van der Waals surface area contributed by atoms with Crippen molar-refractivity contribution >= 4 is 0 Å². The Morgan fingerprint density at radius 1 is 1.16 bits per heavy atom. The molecule has 0 spiro atoms. The molecule has 2 heteroatoms. The molecule has 2 fully saturated rings. The molecule has 0 radical (unpaired) electrons. The zero-order valence-corrected chi connectivity index (χ0v) is 11.8. The third-order valence-corrected chi connectivity index (χ3v) is 5.03. The van der Waals surface area contributed by atoms with Crippen molar-refractivity contribution in [1.29, 1.82) is 0 Å². The van der Waals surface area contributed by atoms with Gasteiger partial charge >= 0.3 is 0 Å². The minimum Gasteiger partial charge on any atom is -0.388 e. The smallest absolute Gasteiger partial charge is 0.0827 e. The normalized spacial score (nSPS) is 30.2. The zero-order valence-electron chi connectivity index (χ0n) is 11.8. The Morgan fingerprint density at radius 2 is 1.79 bits per heavy atom. The maximum absolute atomic E-state index is 10.4. The average Bonchev–Trinajstić information content (AvgIpc) is 2.99. The summed E-state index contributed by atoms with van der Waals surface area (Å²) in [7, 11) is 0. The van der Waals surface area contributed by atoms with Gasteiger partial charge in [-0.25, -0.2) is 0 Å². The van der Waals surface area contributed by atoms with Crippen LogP contribution in [0.4, 0.5) is 0 Å². The van der Waals surface area contributed by atoms with Crippen LogP contribution in [-0.4, -0.2) is 29.6 Å². The van der Waals surface area contributed by atoms with Crippen LogP contribution in [0, 0.1) is 17.8 Å². The van der Waals surface area contributed by atoms with Gasteiger partial charge in [-0.1, -0.05) is 43.7 Å². The molecule has 3 rings (SSSR count). The van der Waals surface area contributed by atoms with Gasteiger partial charge in [0.2, 0.25) is 0 Å². The van der Waals surface area contributed by atoms with Crippen molar-refractivity contribution in [1.82, 2.24) is 4.90 Å². The molecule has 2 nitrogen and oxygen atoms in total. The van der Waals surface area contributed by atoms with Crippen LogP contribution in [0.5, 0.6) is 0 Å². The van der Waals surface area contributed by atoms with Crippen molar-refractivity contribution < 1.29 is 5.11 Å². The Morgan fingerprint density at radius 3 is 2.42 bits per heavy atom. The molecule has 4 unspecified atom stereocenters. The average molecular weight is 259 g/mol. The SMILES string of the molecule is CC(CN1CC2CCCC2C1)C(O)c1ccccc1. The molecule has 1 aliphatic carbocycles. The molecule has 1 aromatic carbocycles. The minimum atomic E-state index is -0.332. The van der Waals surface area contributed by atoms with E-state index in [1.165, 1.54) is 32.4 Å². The Labute approximate surface area is 116 Å². The van der Waals surface area contributed by atoms with E-state index >= 15 is 0 Å². The van der Waals surface area contributed by atoms with Crippen molar-refractivity contribution in [3.05, 3.63) is 35.9 Å². The quantitative estimate of drug-likeness (QED) is 0.898. The fraction of sp³-hybridized carbons (Fsp3) is 0.647. The predicted molar refractivity (Wildman–Crippen MR) is 77.8 cm³/mol. The van der Waals surface area contributed by atoms with E-state index in [0.29, 0.717) is 5.92 Å². The summed E-state index contributed by atoms with van der Waals surface area (Å²) in [4.78, 5) is 2.57. The predicted octanol–water partition coefficient (Wildman–Crippen LogP) is 3.09. The van der Waals surface area contributed by atoms with Crippen LogP contribution in [0.1, 0.15) is 37.9 Å². The summed E-state index contributed by atoms with van der Waals surface area (Å²) in [6.07, 6.45) is 3.96. The summed E-state index contributed by atoms with van der Waals surface area (Å²) in [5.41, 5.74) is 1.05. The molecule has 1 N–H and O–H groups in total. The second kappa shape index (κ2) is 5.64. The lowest BCUT2D eigenvalue weighted by Crippen LogP contribution is -2.30. The molecule has 0 aromatic heterocycles. The molecular weight excluding hydrogens is 234 g/mol. The van der Waals surface area contributed by atoms with Crippen molar-refractivity contribution in [3.8, 4) is 0 Å². The number of fused-ring (bicyclic) bond motifs is 1. The van der Waals surface area contributed by atoms with E-state index in [9.17, 15) is 5.11 Å². The second-order valence-electron chi connectivity index (χ2n) is 6.50. The number of rotatable bonds is 4. The van der Waals surface area contributed by atoms with Gasteiger partial charge in [-0.2, -0.15) is 0 Å². The van der Waals surface area contributed by atoms with Gasteiger partial charge in [-0.15, -0.1) is 0 Å². The monoisotopic (exact) mass is 259 g/mol. The summed E-state index contributed by atoms with van der Waals surface area (Å²) in [6.45, 7) is 5.72. The first-order valence-electron chi connectivity index (χ1n) is 7.69. The molecule has 1 aromatic rings. The number of hydrogen-bond donors (Lipinski definition) is 1. The number of likely N-dealkylation sites (tertiary alicyclic amines) is 1. The first kappa shape index (κ1) is 13.1. The van der Waals surface area contributed by atoms with Gasteiger partial charge in [-0.05, 0) is 36.2 Å². The van der Waals surface area contributed by atoms with Crippen LogP contribution in [0.15, 0.2) is 30.3 Å². The first-order valence-corrected chi connectivity index (χ1v) is 7.69. The summed E-state index contributed by atoms with van der Waals surface area (Å²) >= 11 is 0. The largest absolute Gasteiger partial charge is 0.388 e. The Balaban J connectivity index is 1.55. The number of nitrogens with zero attached hydrogens (tertiary/aromatic N) is 1. The molecule has 0 amide bonds. The molecule has 19 heavy (non-hydrogen) atoms. The summed E-state index contributed by atoms with van der Waals surface area (Å²) < 4.78 is 0. The van der Waals surface area contributed by atoms with E-state index < -0.39 is 0 Å². The molecule has 1 saturated heterocycles. The zero-order chi connectivity index (χ0) is 13.2. The molecule has 0 bridgehead atoms. The Kier molecular flexibility index (Phi) is 3.90. The maximum Gasteiger partial charge on any atom is 0.0827 e. The lowest BCUT2D eigenvalue weighted by Gasteiger charge is -2.25. The van der Waals surface area contributed by atoms with E-state index in [1.807, 2.05) is 30.3 Å². The van der Waals surface area contributed by atoms with Crippen LogP contribution >= 0.6 is 0 Å². The van der Waals surface area contributed by atoms with E-state index in [0.717, 1.165) is 23.9 Å². The number of aliphatic hydroxyl groups excluding tert-OH is 1. The molecule has 4 atom stereocenters. The minimum absolute atomic E-state index is 0.307. The van der Waals surface area contributed by atoms with Crippen LogP contribution in [0.2, 0.25) is 0 Å². The topological polar surface area (TPSA) is 23.5 Å². The van der Waals surface area contributed by atoms with Gasteiger partial charge in [0.1, 0.15) is 0 Å². The third-order valence-electron chi connectivity index (χ3n) is 5.03. The van der Waals surface area contributed by atoms with Crippen molar-refractivity contribution in [3.63, 3.8) is 0 Å². The highest BCUT2D eigenvalue weighted by molar-refractivity contribution is 5.17. The fourth-order valence-electron chi connectivity index (χ4n) is 3.97. The second-order valence-corrected chi connectivity index (χ2v) is 6.50. The van der Waals surface area contributed by atoms with E-state index in [-0.39, 0.29) is 6.10 Å². The van der Waals surface area contributed by atoms with Crippen LogP contribution in [0.25, 0.3) is 0 Å². The first-order chi connectivity index (χ1) is 9.24. The number of benzene rings is 1. The van der Waals surface area contributed by atoms with Gasteiger partial charge in [0.15, 0.2) is 0 Å². The lowest BCUT2D eigenvalue weighted by atomic mass is 9.97.